The molecule has 3 heteroatoms. The first kappa shape index (κ1) is 19.7. The molecule has 3 aliphatic rings. The highest BCUT2D eigenvalue weighted by Gasteiger charge is 2.18. The quantitative estimate of drug-likeness (QED) is 0.829. The van der Waals surface area contributed by atoms with Gasteiger partial charge in [0.15, 0.2) is 0 Å². The van der Waals surface area contributed by atoms with Crippen molar-refractivity contribution >= 4 is 22.9 Å². The fourth-order valence-corrected chi connectivity index (χ4v) is 4.42. The van der Waals surface area contributed by atoms with Crippen molar-refractivity contribution in [1.29, 1.82) is 0 Å². The van der Waals surface area contributed by atoms with Gasteiger partial charge in [0.1, 0.15) is 12.4 Å². The maximum Gasteiger partial charge on any atom is 0.131 e. The molecule has 2 atom stereocenters. The van der Waals surface area contributed by atoms with Crippen molar-refractivity contribution in [3.63, 3.8) is 0 Å². The average molecular weight is 390 g/mol. The molecule has 2 nitrogen and oxygen atoms in total. The van der Waals surface area contributed by atoms with E-state index >= 15 is 0 Å². The fourth-order valence-electron chi connectivity index (χ4n) is 4.42. The summed E-state index contributed by atoms with van der Waals surface area (Å²) in [7, 11) is 0. The molecule has 2 aliphatic carbocycles. The van der Waals surface area contributed by atoms with Gasteiger partial charge in [-0.25, -0.2) is 4.39 Å². The summed E-state index contributed by atoms with van der Waals surface area (Å²) in [5.41, 5.74) is 8.34. The van der Waals surface area contributed by atoms with E-state index in [0.29, 0.717) is 0 Å². The Hall–Kier alpha value is -2.65. The van der Waals surface area contributed by atoms with E-state index in [9.17, 15) is 4.39 Å². The molecule has 2 aromatic carbocycles. The lowest BCUT2D eigenvalue weighted by Gasteiger charge is -2.21. The molecule has 0 radical (unpaired) electrons. The Kier molecular flexibility index (Phi) is 5.96. The number of nitrogens with two attached hydrogens (primary N) is 1. The monoisotopic (exact) mass is 389 g/mol. The van der Waals surface area contributed by atoms with Gasteiger partial charge < -0.3 is 10.5 Å². The molecular formula is C26H28FNO. The van der Waals surface area contributed by atoms with Crippen LogP contribution in [0.1, 0.15) is 43.2 Å². The number of rotatable bonds is 2. The van der Waals surface area contributed by atoms with Crippen LogP contribution in [0.25, 0.3) is 22.9 Å². The van der Waals surface area contributed by atoms with Crippen LogP contribution in [0.4, 0.5) is 4.39 Å². The lowest BCUT2D eigenvalue weighted by Crippen LogP contribution is -2.25. The maximum absolute atomic E-state index is 14.9. The van der Waals surface area contributed by atoms with Gasteiger partial charge in [0, 0.05) is 17.3 Å². The Labute approximate surface area is 171 Å². The van der Waals surface area contributed by atoms with E-state index in [-0.39, 0.29) is 17.8 Å². The largest absolute Gasteiger partial charge is 0.497 e. The van der Waals surface area contributed by atoms with Gasteiger partial charge in [-0.15, -0.1) is 0 Å². The summed E-state index contributed by atoms with van der Waals surface area (Å²) < 4.78 is 19.7. The van der Waals surface area contributed by atoms with Crippen LogP contribution in [0.3, 0.4) is 0 Å². The molecule has 0 saturated heterocycles. The van der Waals surface area contributed by atoms with Crippen LogP contribution in [0.5, 0.6) is 0 Å². The molecule has 0 spiro atoms. The molecule has 0 bridgehead atoms. The molecule has 2 aromatic rings. The third-order valence-corrected chi connectivity index (χ3v) is 5.70. The number of ether oxygens (including phenoxy) is 1. The minimum Gasteiger partial charge on any atom is -0.497 e. The van der Waals surface area contributed by atoms with Crippen molar-refractivity contribution in [2.45, 2.75) is 44.6 Å². The molecule has 0 amide bonds. The SMILES string of the molecule is C1=CCOC=C1.CC(N)CC1C=CC=c2c1ccc1c3c(cc(F)c21)CCCC=3. The Morgan fingerprint density at radius 1 is 1.21 bits per heavy atom. The second-order valence-electron chi connectivity index (χ2n) is 7.98. The molecule has 2 unspecified atom stereocenters. The van der Waals surface area contributed by atoms with Crippen LogP contribution in [0.15, 0.2) is 54.8 Å². The highest BCUT2D eigenvalue weighted by atomic mass is 19.1. The third kappa shape index (κ3) is 4.20. The van der Waals surface area contributed by atoms with E-state index in [1.165, 1.54) is 10.8 Å². The summed E-state index contributed by atoms with van der Waals surface area (Å²) in [6.45, 7) is 2.76. The van der Waals surface area contributed by atoms with Gasteiger partial charge in [-0.2, -0.15) is 0 Å². The first-order valence-electron chi connectivity index (χ1n) is 10.5. The first-order chi connectivity index (χ1) is 14.1. The van der Waals surface area contributed by atoms with Gasteiger partial charge in [0.05, 0.1) is 6.26 Å². The zero-order chi connectivity index (χ0) is 20.2. The molecule has 0 aromatic heterocycles. The second-order valence-corrected chi connectivity index (χ2v) is 7.98. The van der Waals surface area contributed by atoms with Crippen molar-refractivity contribution in [3.8, 4) is 0 Å². The molecule has 2 N–H and O–H groups in total. The minimum atomic E-state index is -0.0861. The van der Waals surface area contributed by atoms with Crippen molar-refractivity contribution in [3.05, 3.63) is 82.2 Å². The second kappa shape index (κ2) is 8.79. The number of benzene rings is 2. The van der Waals surface area contributed by atoms with Crippen molar-refractivity contribution < 1.29 is 9.13 Å². The molecule has 1 aliphatic heterocycles. The van der Waals surface area contributed by atoms with Crippen molar-refractivity contribution in [2.75, 3.05) is 6.61 Å². The zero-order valence-corrected chi connectivity index (χ0v) is 16.9. The third-order valence-electron chi connectivity index (χ3n) is 5.70. The number of aryl methyl sites for hydroxylation is 1. The van der Waals surface area contributed by atoms with Crippen LogP contribution in [0.2, 0.25) is 0 Å². The Morgan fingerprint density at radius 2 is 2.10 bits per heavy atom. The number of allylic oxidation sites excluding steroid dienone is 4. The maximum atomic E-state index is 14.9. The van der Waals surface area contributed by atoms with Crippen LogP contribution in [0, 0.1) is 5.82 Å². The standard InChI is InChI=1S/C21H22FN.C5H6O/c1-13(23)11-14-6-4-8-18-17(14)9-10-19-16-7-3-2-5-15(16)12-20(22)21(18)19;1-2-4-6-5-3-1/h4,6-10,12-14H,2-3,5,11,23H2,1H3;1-4H,5H2. The summed E-state index contributed by atoms with van der Waals surface area (Å²) in [6.07, 6.45) is 20.1. The number of fused-ring (bicyclic) bond motifs is 5. The van der Waals surface area contributed by atoms with Gasteiger partial charge in [-0.05, 0) is 77.8 Å². The van der Waals surface area contributed by atoms with Gasteiger partial charge in [0.25, 0.3) is 0 Å². The molecule has 5 rings (SSSR count). The van der Waals surface area contributed by atoms with E-state index in [0.717, 1.165) is 53.8 Å². The normalized spacial score (nSPS) is 19.8. The lowest BCUT2D eigenvalue weighted by molar-refractivity contribution is 0.286. The van der Waals surface area contributed by atoms with Gasteiger partial charge in [-0.3, -0.25) is 0 Å². The van der Waals surface area contributed by atoms with E-state index in [1.54, 1.807) is 12.3 Å². The molecule has 0 fully saturated rings. The van der Waals surface area contributed by atoms with Gasteiger partial charge >= 0.3 is 0 Å². The highest BCUT2D eigenvalue weighted by molar-refractivity contribution is 5.88. The molecule has 0 saturated carbocycles. The predicted molar refractivity (Wildman–Crippen MR) is 119 cm³/mol. The van der Waals surface area contributed by atoms with Crippen molar-refractivity contribution in [2.24, 2.45) is 5.73 Å². The first-order valence-corrected chi connectivity index (χ1v) is 10.5. The number of halogens is 1. The lowest BCUT2D eigenvalue weighted by atomic mass is 9.85. The summed E-state index contributed by atoms with van der Waals surface area (Å²) in [6, 6.07) is 6.17. The Balaban J connectivity index is 0.000000294. The van der Waals surface area contributed by atoms with E-state index in [4.69, 9.17) is 10.5 Å². The summed E-state index contributed by atoms with van der Waals surface area (Å²) in [5, 5.41) is 4.11. The topological polar surface area (TPSA) is 35.2 Å². The smallest absolute Gasteiger partial charge is 0.131 e. The van der Waals surface area contributed by atoms with Crippen LogP contribution in [-0.4, -0.2) is 12.6 Å². The van der Waals surface area contributed by atoms with Crippen LogP contribution >= 0.6 is 0 Å². The molecule has 1 heterocycles. The minimum absolute atomic E-state index is 0.0861. The number of hydrogen-bond acceptors (Lipinski definition) is 2. The summed E-state index contributed by atoms with van der Waals surface area (Å²) >= 11 is 0. The molecule has 29 heavy (non-hydrogen) atoms. The zero-order valence-electron chi connectivity index (χ0n) is 16.9. The van der Waals surface area contributed by atoms with Crippen molar-refractivity contribution in [1.82, 2.24) is 0 Å². The highest BCUT2D eigenvalue weighted by Crippen LogP contribution is 2.26. The fraction of sp³-hybridized carbons (Fsp3) is 0.308. The Morgan fingerprint density at radius 3 is 2.79 bits per heavy atom. The predicted octanol–water partition coefficient (Wildman–Crippen LogP) is 4.35. The molecular weight excluding hydrogens is 361 g/mol. The van der Waals surface area contributed by atoms with E-state index in [2.05, 4.69) is 30.4 Å². The molecule has 150 valence electrons. The number of hydrogen-bond donors (Lipinski definition) is 1. The van der Waals surface area contributed by atoms with Crippen LogP contribution in [-0.2, 0) is 11.2 Å². The Bertz CT molecular complexity index is 1100. The van der Waals surface area contributed by atoms with Crippen LogP contribution < -0.4 is 16.2 Å². The van der Waals surface area contributed by atoms with Gasteiger partial charge in [0.2, 0.25) is 0 Å². The summed E-state index contributed by atoms with van der Waals surface area (Å²) in [4.78, 5) is 0. The van der Waals surface area contributed by atoms with E-state index < -0.39 is 0 Å². The van der Waals surface area contributed by atoms with Gasteiger partial charge in [-0.1, -0.05) is 42.5 Å². The average Bonchev–Trinajstić information content (AvgIpc) is 2.75. The van der Waals surface area contributed by atoms with E-state index in [1.807, 2.05) is 31.2 Å². The summed E-state index contributed by atoms with van der Waals surface area (Å²) in [5.74, 6) is 0.191.